The third kappa shape index (κ3) is 5.91. The number of aliphatic hydroxyl groups is 1. The molecule has 0 aromatic heterocycles. The minimum Gasteiger partial charge on any atom is -0.394 e. The van der Waals surface area contributed by atoms with Crippen LogP contribution in [-0.4, -0.2) is 17.7 Å². The highest BCUT2D eigenvalue weighted by Gasteiger charge is 2.15. The Hall–Kier alpha value is -2.33. The summed E-state index contributed by atoms with van der Waals surface area (Å²) < 4.78 is 0. The Kier molecular flexibility index (Phi) is 7.02. The molecule has 0 heterocycles. The number of benzene rings is 2. The van der Waals surface area contributed by atoms with E-state index in [1.165, 1.54) is 5.56 Å². The van der Waals surface area contributed by atoms with Gasteiger partial charge in [-0.25, -0.2) is 4.79 Å². The first-order valence-electron chi connectivity index (χ1n) is 8.81. The lowest BCUT2D eigenvalue weighted by atomic mass is 10.00. The summed E-state index contributed by atoms with van der Waals surface area (Å²) in [5.74, 6) is 0.626. The summed E-state index contributed by atoms with van der Waals surface area (Å²) in [5.41, 5.74) is 3.24. The van der Waals surface area contributed by atoms with Crippen LogP contribution in [0.5, 0.6) is 0 Å². The smallest absolute Gasteiger partial charge is 0.315 e. The van der Waals surface area contributed by atoms with Crippen molar-refractivity contribution in [1.29, 1.82) is 0 Å². The molecule has 2 aromatic rings. The lowest BCUT2D eigenvalue weighted by Crippen LogP contribution is -2.40. The number of carbonyl (C=O) groups is 1. The van der Waals surface area contributed by atoms with E-state index in [1.54, 1.807) is 0 Å². The van der Waals surface area contributed by atoms with E-state index in [0.717, 1.165) is 17.5 Å². The molecule has 0 saturated carbocycles. The van der Waals surface area contributed by atoms with E-state index >= 15 is 0 Å². The molecule has 0 aliphatic heterocycles. The van der Waals surface area contributed by atoms with Gasteiger partial charge in [-0.05, 0) is 36.0 Å². The summed E-state index contributed by atoms with van der Waals surface area (Å²) in [6.45, 7) is 6.21. The van der Waals surface area contributed by atoms with E-state index < -0.39 is 6.04 Å². The maximum absolute atomic E-state index is 12.2. The molecule has 2 atom stereocenters. The number of hydrogen-bond donors (Lipinski definition) is 3. The van der Waals surface area contributed by atoms with Crippen LogP contribution in [0.25, 0.3) is 0 Å². The van der Waals surface area contributed by atoms with Crippen LogP contribution in [0.4, 0.5) is 4.79 Å². The maximum atomic E-state index is 12.2. The van der Waals surface area contributed by atoms with Gasteiger partial charge in [0.15, 0.2) is 0 Å². The fraction of sp³-hybridized carbons (Fsp3) is 0.381. The molecule has 134 valence electrons. The summed E-state index contributed by atoms with van der Waals surface area (Å²) >= 11 is 0. The SMILES string of the molecule is CC(C)Cc1ccc(C(C)NC(=O)NC(CO)c2ccccc2)cc1. The third-order valence-electron chi connectivity index (χ3n) is 4.16. The van der Waals surface area contributed by atoms with Crippen molar-refractivity contribution in [2.45, 2.75) is 39.3 Å². The highest BCUT2D eigenvalue weighted by atomic mass is 16.3. The minimum atomic E-state index is -0.415. The van der Waals surface area contributed by atoms with Crippen LogP contribution in [-0.2, 0) is 6.42 Å². The van der Waals surface area contributed by atoms with Crippen molar-refractivity contribution in [3.63, 3.8) is 0 Å². The van der Waals surface area contributed by atoms with E-state index in [1.807, 2.05) is 37.3 Å². The van der Waals surface area contributed by atoms with Crippen molar-refractivity contribution in [1.82, 2.24) is 10.6 Å². The van der Waals surface area contributed by atoms with Gasteiger partial charge in [-0.3, -0.25) is 0 Å². The molecular formula is C21H28N2O2. The quantitative estimate of drug-likeness (QED) is 0.714. The van der Waals surface area contributed by atoms with Gasteiger partial charge >= 0.3 is 6.03 Å². The maximum Gasteiger partial charge on any atom is 0.315 e. The van der Waals surface area contributed by atoms with Gasteiger partial charge in [0.05, 0.1) is 18.7 Å². The molecule has 0 radical (unpaired) electrons. The van der Waals surface area contributed by atoms with E-state index in [0.29, 0.717) is 5.92 Å². The zero-order valence-corrected chi connectivity index (χ0v) is 15.2. The second-order valence-corrected chi connectivity index (χ2v) is 6.82. The first-order valence-corrected chi connectivity index (χ1v) is 8.81. The Bertz CT molecular complexity index is 653. The molecule has 0 spiro atoms. The van der Waals surface area contributed by atoms with E-state index in [2.05, 4.69) is 48.7 Å². The Labute approximate surface area is 150 Å². The van der Waals surface area contributed by atoms with Crippen molar-refractivity contribution >= 4 is 6.03 Å². The van der Waals surface area contributed by atoms with Gasteiger partial charge in [0.2, 0.25) is 0 Å². The highest BCUT2D eigenvalue weighted by molar-refractivity contribution is 5.75. The van der Waals surface area contributed by atoms with Crippen LogP contribution >= 0.6 is 0 Å². The van der Waals surface area contributed by atoms with Gasteiger partial charge in [-0.1, -0.05) is 68.4 Å². The summed E-state index contributed by atoms with van der Waals surface area (Å²) in [6.07, 6.45) is 1.05. The number of nitrogens with one attached hydrogen (secondary N) is 2. The molecule has 2 rings (SSSR count). The molecule has 3 N–H and O–H groups in total. The number of carbonyl (C=O) groups excluding carboxylic acids is 1. The van der Waals surface area contributed by atoms with Gasteiger partial charge in [0.25, 0.3) is 0 Å². The first kappa shape index (κ1) is 19.0. The van der Waals surface area contributed by atoms with E-state index in [9.17, 15) is 9.90 Å². The van der Waals surface area contributed by atoms with Crippen molar-refractivity contribution in [3.05, 3.63) is 71.3 Å². The molecule has 0 aliphatic rings. The van der Waals surface area contributed by atoms with Gasteiger partial charge in [-0.2, -0.15) is 0 Å². The molecule has 2 aromatic carbocycles. The number of hydrogen-bond acceptors (Lipinski definition) is 2. The van der Waals surface area contributed by atoms with Crippen LogP contribution in [0, 0.1) is 5.92 Å². The molecule has 0 fully saturated rings. The average molecular weight is 340 g/mol. The van der Waals surface area contributed by atoms with Crippen molar-refractivity contribution in [3.8, 4) is 0 Å². The normalized spacial score (nSPS) is 13.3. The zero-order valence-electron chi connectivity index (χ0n) is 15.2. The Morgan fingerprint density at radius 1 is 0.920 bits per heavy atom. The molecule has 0 aliphatic carbocycles. The molecule has 0 bridgehead atoms. The second-order valence-electron chi connectivity index (χ2n) is 6.82. The Balaban J connectivity index is 1.93. The van der Waals surface area contributed by atoms with Gasteiger partial charge in [-0.15, -0.1) is 0 Å². The second kappa shape index (κ2) is 9.23. The standard InChI is InChI=1S/C21H28N2O2/c1-15(2)13-17-9-11-18(12-10-17)16(3)22-21(25)23-20(14-24)19-7-5-4-6-8-19/h4-12,15-16,20,24H,13-14H2,1-3H3,(H2,22,23,25). The predicted octanol–water partition coefficient (Wildman–Crippen LogP) is 3.98. The lowest BCUT2D eigenvalue weighted by molar-refractivity contribution is 0.214. The summed E-state index contributed by atoms with van der Waals surface area (Å²) in [7, 11) is 0. The summed E-state index contributed by atoms with van der Waals surface area (Å²) in [4.78, 5) is 12.2. The molecule has 4 heteroatoms. The van der Waals surface area contributed by atoms with E-state index in [4.69, 9.17) is 0 Å². The molecule has 2 unspecified atom stereocenters. The number of urea groups is 1. The fourth-order valence-electron chi connectivity index (χ4n) is 2.81. The fourth-order valence-corrected chi connectivity index (χ4v) is 2.81. The molecule has 25 heavy (non-hydrogen) atoms. The first-order chi connectivity index (χ1) is 12.0. The number of aliphatic hydroxyl groups excluding tert-OH is 1. The van der Waals surface area contributed by atoms with Crippen molar-refractivity contribution in [2.75, 3.05) is 6.61 Å². The van der Waals surface area contributed by atoms with Crippen molar-refractivity contribution in [2.24, 2.45) is 5.92 Å². The topological polar surface area (TPSA) is 61.4 Å². The molecule has 0 saturated heterocycles. The van der Waals surface area contributed by atoms with E-state index in [-0.39, 0.29) is 18.7 Å². The minimum absolute atomic E-state index is 0.108. The van der Waals surface area contributed by atoms with Gasteiger partial charge in [0, 0.05) is 0 Å². The number of rotatable bonds is 7. The van der Waals surface area contributed by atoms with Gasteiger partial charge in [0.1, 0.15) is 0 Å². The summed E-state index contributed by atoms with van der Waals surface area (Å²) in [6, 6.07) is 17.0. The van der Waals surface area contributed by atoms with Gasteiger partial charge < -0.3 is 15.7 Å². The molecular weight excluding hydrogens is 312 g/mol. The Morgan fingerprint density at radius 3 is 2.12 bits per heavy atom. The molecule has 4 nitrogen and oxygen atoms in total. The summed E-state index contributed by atoms with van der Waals surface area (Å²) in [5, 5.41) is 15.3. The predicted molar refractivity (Wildman–Crippen MR) is 101 cm³/mol. The van der Waals surface area contributed by atoms with Crippen molar-refractivity contribution < 1.29 is 9.90 Å². The zero-order chi connectivity index (χ0) is 18.2. The van der Waals surface area contributed by atoms with Crippen LogP contribution in [0.1, 0.15) is 49.5 Å². The lowest BCUT2D eigenvalue weighted by Gasteiger charge is -2.20. The van der Waals surface area contributed by atoms with Crippen LogP contribution in [0.2, 0.25) is 0 Å². The third-order valence-corrected chi connectivity index (χ3v) is 4.16. The largest absolute Gasteiger partial charge is 0.394 e. The monoisotopic (exact) mass is 340 g/mol. The van der Waals surface area contributed by atoms with Crippen LogP contribution in [0.3, 0.4) is 0 Å². The number of amides is 2. The van der Waals surface area contributed by atoms with Crippen LogP contribution < -0.4 is 10.6 Å². The Morgan fingerprint density at radius 2 is 1.56 bits per heavy atom. The average Bonchev–Trinajstić information content (AvgIpc) is 2.60. The highest BCUT2D eigenvalue weighted by Crippen LogP contribution is 2.16. The molecule has 2 amide bonds. The van der Waals surface area contributed by atoms with Crippen LogP contribution in [0.15, 0.2) is 54.6 Å².